The van der Waals surface area contributed by atoms with Crippen molar-refractivity contribution in [2.45, 2.75) is 45.3 Å². The van der Waals surface area contributed by atoms with Gasteiger partial charge in [0.05, 0.1) is 18.7 Å². The Morgan fingerprint density at radius 3 is 2.52 bits per heavy atom. The number of hydrogen-bond acceptors (Lipinski definition) is 4. The molecule has 1 fully saturated rings. The molecule has 0 bridgehead atoms. The zero-order valence-corrected chi connectivity index (χ0v) is 13.8. The smallest absolute Gasteiger partial charge is 0.220 e. The summed E-state index contributed by atoms with van der Waals surface area (Å²) >= 11 is 0. The van der Waals surface area contributed by atoms with Gasteiger partial charge in [-0.1, -0.05) is 26.0 Å². The van der Waals surface area contributed by atoms with Gasteiger partial charge in [0.2, 0.25) is 5.91 Å². The van der Waals surface area contributed by atoms with E-state index in [9.17, 15) is 14.3 Å². The Balaban J connectivity index is 2.03. The molecular formula is C17H26FN3O2. The van der Waals surface area contributed by atoms with Crippen LogP contribution in [0.3, 0.4) is 0 Å². The third-order valence-electron chi connectivity index (χ3n) is 4.53. The minimum atomic E-state index is -0.273. The van der Waals surface area contributed by atoms with E-state index >= 15 is 0 Å². The Kier molecular flexibility index (Phi) is 6.10. The van der Waals surface area contributed by atoms with Crippen LogP contribution < -0.4 is 16.2 Å². The fourth-order valence-corrected chi connectivity index (χ4v) is 2.92. The standard InChI is InChI=1S/C17H26FN3O2/c1-10(2)15(9-22)19-16(23)8-14-11(3)20-21-17(14)12-4-6-13(18)7-5-12/h4-7,10-11,14-15,17,20-22H,8-9H2,1-3H3,(H,19,23)/t11?,14?,15-,17?/m0/s1. The minimum Gasteiger partial charge on any atom is -0.394 e. The maximum atomic E-state index is 13.1. The molecule has 4 atom stereocenters. The summed E-state index contributed by atoms with van der Waals surface area (Å²) in [6.45, 7) is 5.87. The summed E-state index contributed by atoms with van der Waals surface area (Å²) in [5.41, 5.74) is 7.29. The van der Waals surface area contributed by atoms with Crippen molar-refractivity contribution < 1.29 is 14.3 Å². The highest BCUT2D eigenvalue weighted by Crippen LogP contribution is 2.31. The van der Waals surface area contributed by atoms with E-state index in [2.05, 4.69) is 16.2 Å². The second-order valence-electron chi connectivity index (χ2n) is 6.58. The zero-order chi connectivity index (χ0) is 17.0. The van der Waals surface area contributed by atoms with Crippen LogP contribution in [0.4, 0.5) is 4.39 Å². The number of carbonyl (C=O) groups is 1. The summed E-state index contributed by atoms with van der Waals surface area (Å²) in [5, 5.41) is 12.2. The Labute approximate surface area is 136 Å². The first-order valence-corrected chi connectivity index (χ1v) is 8.09. The molecule has 1 saturated heterocycles. The molecule has 0 spiro atoms. The molecule has 1 aliphatic rings. The SMILES string of the molecule is CC1NNC(c2ccc(F)cc2)C1CC(=O)N[C@@H](CO)C(C)C. The van der Waals surface area contributed by atoms with Gasteiger partial charge in [0.15, 0.2) is 0 Å². The van der Waals surface area contributed by atoms with Gasteiger partial charge in [0.25, 0.3) is 0 Å². The molecule has 1 heterocycles. The van der Waals surface area contributed by atoms with E-state index in [-0.39, 0.29) is 48.3 Å². The largest absolute Gasteiger partial charge is 0.394 e. The van der Waals surface area contributed by atoms with Gasteiger partial charge in [-0.25, -0.2) is 9.82 Å². The van der Waals surface area contributed by atoms with Crippen molar-refractivity contribution in [3.05, 3.63) is 35.6 Å². The summed E-state index contributed by atoms with van der Waals surface area (Å²) in [6.07, 6.45) is 0.340. The average Bonchev–Trinajstić information content (AvgIpc) is 2.86. The van der Waals surface area contributed by atoms with Crippen LogP contribution in [0.5, 0.6) is 0 Å². The molecule has 0 saturated carbocycles. The summed E-state index contributed by atoms with van der Waals surface area (Å²) in [6, 6.07) is 6.16. The lowest BCUT2D eigenvalue weighted by Gasteiger charge is -2.24. The highest BCUT2D eigenvalue weighted by Gasteiger charge is 2.35. The first-order chi connectivity index (χ1) is 10.9. The third-order valence-corrected chi connectivity index (χ3v) is 4.53. The van der Waals surface area contributed by atoms with Gasteiger partial charge < -0.3 is 10.4 Å². The Bertz CT molecular complexity index is 521. The molecular weight excluding hydrogens is 297 g/mol. The molecule has 128 valence electrons. The molecule has 0 radical (unpaired) electrons. The van der Waals surface area contributed by atoms with Crippen molar-refractivity contribution in [1.29, 1.82) is 0 Å². The lowest BCUT2D eigenvalue weighted by atomic mass is 9.87. The van der Waals surface area contributed by atoms with Gasteiger partial charge >= 0.3 is 0 Å². The van der Waals surface area contributed by atoms with E-state index in [1.807, 2.05) is 20.8 Å². The molecule has 1 aromatic carbocycles. The Morgan fingerprint density at radius 2 is 1.96 bits per heavy atom. The van der Waals surface area contributed by atoms with Gasteiger partial charge in [-0.3, -0.25) is 10.2 Å². The number of benzene rings is 1. The van der Waals surface area contributed by atoms with Crippen molar-refractivity contribution in [2.24, 2.45) is 11.8 Å². The Hall–Kier alpha value is -1.50. The van der Waals surface area contributed by atoms with Crippen molar-refractivity contribution in [3.8, 4) is 0 Å². The van der Waals surface area contributed by atoms with Crippen molar-refractivity contribution in [2.75, 3.05) is 6.61 Å². The topological polar surface area (TPSA) is 73.4 Å². The molecule has 2 rings (SSSR count). The monoisotopic (exact) mass is 323 g/mol. The second kappa shape index (κ2) is 7.86. The first kappa shape index (κ1) is 17.8. The first-order valence-electron chi connectivity index (χ1n) is 8.09. The molecule has 1 amide bonds. The van der Waals surface area contributed by atoms with Crippen LogP contribution in [0.1, 0.15) is 38.8 Å². The quantitative estimate of drug-likeness (QED) is 0.640. The van der Waals surface area contributed by atoms with Crippen molar-refractivity contribution in [3.63, 3.8) is 0 Å². The molecule has 4 N–H and O–H groups in total. The zero-order valence-electron chi connectivity index (χ0n) is 13.8. The molecule has 5 nitrogen and oxygen atoms in total. The van der Waals surface area contributed by atoms with Crippen LogP contribution in [0.25, 0.3) is 0 Å². The number of rotatable bonds is 6. The van der Waals surface area contributed by atoms with Gasteiger partial charge in [0.1, 0.15) is 5.82 Å². The van der Waals surface area contributed by atoms with E-state index in [0.29, 0.717) is 6.42 Å². The molecule has 3 unspecified atom stereocenters. The number of aliphatic hydroxyl groups excluding tert-OH is 1. The van der Waals surface area contributed by atoms with Gasteiger partial charge in [-0.2, -0.15) is 0 Å². The van der Waals surface area contributed by atoms with E-state index in [4.69, 9.17) is 0 Å². The lowest BCUT2D eigenvalue weighted by molar-refractivity contribution is -0.123. The maximum Gasteiger partial charge on any atom is 0.220 e. The van der Waals surface area contributed by atoms with E-state index in [1.54, 1.807) is 12.1 Å². The highest BCUT2D eigenvalue weighted by molar-refractivity contribution is 5.76. The number of nitrogens with one attached hydrogen (secondary N) is 3. The van der Waals surface area contributed by atoms with Crippen LogP contribution in [0.2, 0.25) is 0 Å². The summed E-state index contributed by atoms with van der Waals surface area (Å²) in [4.78, 5) is 12.3. The fourth-order valence-electron chi connectivity index (χ4n) is 2.92. The third kappa shape index (κ3) is 4.50. The number of halogens is 1. The van der Waals surface area contributed by atoms with Crippen LogP contribution in [0.15, 0.2) is 24.3 Å². The summed E-state index contributed by atoms with van der Waals surface area (Å²) < 4.78 is 13.1. The fraction of sp³-hybridized carbons (Fsp3) is 0.588. The molecule has 6 heteroatoms. The number of hydrogen-bond donors (Lipinski definition) is 4. The normalized spacial score (nSPS) is 25.6. The second-order valence-corrected chi connectivity index (χ2v) is 6.58. The molecule has 0 aliphatic carbocycles. The predicted molar refractivity (Wildman–Crippen MR) is 86.8 cm³/mol. The molecule has 23 heavy (non-hydrogen) atoms. The van der Waals surface area contributed by atoms with Crippen LogP contribution in [-0.4, -0.2) is 29.7 Å². The summed E-state index contributed by atoms with van der Waals surface area (Å²) in [5.74, 6) is -0.127. The van der Waals surface area contributed by atoms with Crippen LogP contribution >= 0.6 is 0 Å². The van der Waals surface area contributed by atoms with Gasteiger partial charge in [-0.15, -0.1) is 0 Å². The maximum absolute atomic E-state index is 13.1. The number of aliphatic hydroxyl groups is 1. The average molecular weight is 323 g/mol. The molecule has 0 aromatic heterocycles. The van der Waals surface area contributed by atoms with E-state index in [1.165, 1.54) is 12.1 Å². The van der Waals surface area contributed by atoms with Gasteiger partial charge in [0, 0.05) is 18.4 Å². The van der Waals surface area contributed by atoms with Gasteiger partial charge in [-0.05, 0) is 30.5 Å². The van der Waals surface area contributed by atoms with Crippen molar-refractivity contribution in [1.82, 2.24) is 16.2 Å². The lowest BCUT2D eigenvalue weighted by Crippen LogP contribution is -2.42. The van der Waals surface area contributed by atoms with E-state index < -0.39 is 0 Å². The number of carbonyl (C=O) groups excluding carboxylic acids is 1. The number of amides is 1. The van der Waals surface area contributed by atoms with Crippen molar-refractivity contribution >= 4 is 5.91 Å². The molecule has 1 aliphatic heterocycles. The Morgan fingerprint density at radius 1 is 1.30 bits per heavy atom. The highest BCUT2D eigenvalue weighted by atomic mass is 19.1. The van der Waals surface area contributed by atoms with E-state index in [0.717, 1.165) is 5.56 Å². The molecule has 1 aromatic rings. The number of hydrazine groups is 1. The van der Waals surface area contributed by atoms with Crippen LogP contribution in [-0.2, 0) is 4.79 Å². The predicted octanol–water partition coefficient (Wildman–Crippen LogP) is 1.50. The minimum absolute atomic E-state index is 0.0481. The summed E-state index contributed by atoms with van der Waals surface area (Å²) in [7, 11) is 0. The van der Waals surface area contributed by atoms with Crippen LogP contribution in [0, 0.1) is 17.7 Å².